The SMILES string of the molecule is CC(C)(C)C1CCC(N(Cc2ccc(C(=O)N=C(N)N=N)cc2)C(=O)/C=C/c2cccs2)CC1. The van der Waals surface area contributed by atoms with Gasteiger partial charge in [0.15, 0.2) is 0 Å². The Bertz CT molecular complexity index is 1040. The van der Waals surface area contributed by atoms with Gasteiger partial charge in [-0.15, -0.1) is 16.5 Å². The first-order valence-corrected chi connectivity index (χ1v) is 12.4. The van der Waals surface area contributed by atoms with Crippen LogP contribution in [-0.4, -0.2) is 28.7 Å². The number of benzene rings is 1. The van der Waals surface area contributed by atoms with Crippen LogP contribution < -0.4 is 5.73 Å². The quantitative estimate of drug-likeness (QED) is 0.233. The number of guanidine groups is 1. The van der Waals surface area contributed by atoms with E-state index in [1.807, 2.05) is 40.6 Å². The number of aliphatic imine (C=N–C) groups is 1. The van der Waals surface area contributed by atoms with Gasteiger partial charge >= 0.3 is 0 Å². The molecule has 180 valence electrons. The van der Waals surface area contributed by atoms with Crippen LogP contribution in [-0.2, 0) is 11.3 Å². The third-order valence-corrected chi connectivity index (χ3v) is 7.30. The van der Waals surface area contributed by atoms with Gasteiger partial charge in [-0.2, -0.15) is 4.99 Å². The van der Waals surface area contributed by atoms with Crippen LogP contribution in [0.1, 0.15) is 67.3 Å². The Morgan fingerprint density at radius 2 is 1.82 bits per heavy atom. The van der Waals surface area contributed by atoms with Crippen molar-refractivity contribution in [2.75, 3.05) is 0 Å². The van der Waals surface area contributed by atoms with Gasteiger partial charge in [0.25, 0.3) is 5.91 Å². The van der Waals surface area contributed by atoms with Crippen molar-refractivity contribution in [2.45, 2.75) is 59.0 Å². The molecule has 1 aliphatic rings. The zero-order valence-electron chi connectivity index (χ0n) is 20.0. The third-order valence-electron chi connectivity index (χ3n) is 6.46. The Labute approximate surface area is 205 Å². The molecule has 1 saturated carbocycles. The summed E-state index contributed by atoms with van der Waals surface area (Å²) >= 11 is 1.60. The topological polar surface area (TPSA) is 112 Å². The van der Waals surface area contributed by atoms with Crippen molar-refractivity contribution in [1.29, 1.82) is 5.53 Å². The van der Waals surface area contributed by atoms with E-state index < -0.39 is 5.91 Å². The molecule has 0 spiro atoms. The predicted octanol–water partition coefficient (Wildman–Crippen LogP) is 5.88. The molecule has 1 aromatic heterocycles. The molecule has 1 fully saturated rings. The summed E-state index contributed by atoms with van der Waals surface area (Å²) in [7, 11) is 0. The third kappa shape index (κ3) is 6.93. The van der Waals surface area contributed by atoms with Crippen molar-refractivity contribution in [3.05, 3.63) is 63.9 Å². The monoisotopic (exact) mass is 479 g/mol. The lowest BCUT2D eigenvalue weighted by Crippen LogP contribution is -2.42. The van der Waals surface area contributed by atoms with Gasteiger partial charge in [0.2, 0.25) is 11.9 Å². The van der Waals surface area contributed by atoms with Gasteiger partial charge < -0.3 is 10.6 Å². The van der Waals surface area contributed by atoms with Crippen LogP contribution in [0.25, 0.3) is 6.08 Å². The molecule has 0 aliphatic heterocycles. The molecule has 0 saturated heterocycles. The smallest absolute Gasteiger partial charge is 0.280 e. The fourth-order valence-corrected chi connectivity index (χ4v) is 5.04. The number of nitrogens with one attached hydrogen (secondary N) is 1. The summed E-state index contributed by atoms with van der Waals surface area (Å²) in [4.78, 5) is 32.0. The van der Waals surface area contributed by atoms with Crippen LogP contribution in [0.3, 0.4) is 0 Å². The van der Waals surface area contributed by atoms with E-state index in [1.165, 1.54) is 0 Å². The standard InChI is InChI=1S/C26H33N5O2S/c1-26(2,3)20-10-12-21(13-11-20)31(23(32)15-14-22-5-4-16-34-22)17-18-6-8-19(9-7-18)24(33)29-25(27)30-28/h4-9,14-16,20-21,28H,10-13,17H2,1-3H3,(H2,27,29,33)/b15-14+,30-28?. The highest BCUT2D eigenvalue weighted by molar-refractivity contribution is 7.10. The first-order valence-electron chi connectivity index (χ1n) is 11.5. The second kappa shape index (κ2) is 11.3. The van der Waals surface area contributed by atoms with E-state index in [0.29, 0.717) is 18.0 Å². The van der Waals surface area contributed by atoms with E-state index in [-0.39, 0.29) is 23.3 Å². The van der Waals surface area contributed by atoms with Crippen LogP contribution in [0.5, 0.6) is 0 Å². The van der Waals surface area contributed by atoms with E-state index in [4.69, 9.17) is 11.3 Å². The number of nitrogens with zero attached hydrogens (tertiary/aromatic N) is 3. The zero-order chi connectivity index (χ0) is 24.7. The van der Waals surface area contributed by atoms with Crippen molar-refractivity contribution < 1.29 is 9.59 Å². The van der Waals surface area contributed by atoms with Crippen molar-refractivity contribution in [3.8, 4) is 0 Å². The second-order valence-corrected chi connectivity index (χ2v) is 10.7. The number of hydrogen-bond donors (Lipinski definition) is 2. The molecule has 0 radical (unpaired) electrons. The second-order valence-electron chi connectivity index (χ2n) is 9.77. The summed E-state index contributed by atoms with van der Waals surface area (Å²) in [6, 6.07) is 11.1. The molecule has 2 aromatic rings. The average molecular weight is 480 g/mol. The maximum Gasteiger partial charge on any atom is 0.280 e. The zero-order valence-corrected chi connectivity index (χ0v) is 20.8. The Morgan fingerprint density at radius 3 is 2.38 bits per heavy atom. The summed E-state index contributed by atoms with van der Waals surface area (Å²) in [6.45, 7) is 7.36. The lowest BCUT2D eigenvalue weighted by Gasteiger charge is -2.41. The number of amides is 2. The fraction of sp³-hybridized carbons (Fsp3) is 0.423. The lowest BCUT2D eigenvalue weighted by atomic mass is 9.71. The number of nitrogens with two attached hydrogens (primary N) is 1. The fourth-order valence-electron chi connectivity index (χ4n) is 4.42. The van der Waals surface area contributed by atoms with E-state index in [2.05, 4.69) is 30.9 Å². The van der Waals surface area contributed by atoms with Gasteiger partial charge in [0.05, 0.1) is 0 Å². The molecule has 0 atom stereocenters. The van der Waals surface area contributed by atoms with Crippen LogP contribution in [0, 0.1) is 16.9 Å². The normalized spacial score (nSPS) is 19.2. The Morgan fingerprint density at radius 1 is 1.15 bits per heavy atom. The van der Waals surface area contributed by atoms with Crippen LogP contribution in [0.4, 0.5) is 0 Å². The molecule has 7 nitrogen and oxygen atoms in total. The number of hydrogen-bond acceptors (Lipinski definition) is 4. The molecule has 1 aliphatic carbocycles. The number of thiophene rings is 1. The molecular weight excluding hydrogens is 446 g/mol. The maximum atomic E-state index is 13.3. The van der Waals surface area contributed by atoms with Crippen molar-refractivity contribution >= 4 is 35.2 Å². The molecule has 3 N–H and O–H groups in total. The summed E-state index contributed by atoms with van der Waals surface area (Å²) in [6.07, 6.45) is 7.74. The molecule has 3 rings (SSSR count). The molecule has 2 amide bonds. The van der Waals surface area contributed by atoms with E-state index in [9.17, 15) is 9.59 Å². The largest absolute Gasteiger partial charge is 0.366 e. The van der Waals surface area contributed by atoms with Gasteiger partial charge in [-0.05, 0) is 72.2 Å². The van der Waals surface area contributed by atoms with Gasteiger partial charge in [-0.3, -0.25) is 9.59 Å². The first kappa shape index (κ1) is 25.5. The lowest BCUT2D eigenvalue weighted by molar-refractivity contribution is -0.130. The molecule has 8 heteroatoms. The average Bonchev–Trinajstić information content (AvgIpc) is 3.34. The minimum Gasteiger partial charge on any atom is -0.366 e. The van der Waals surface area contributed by atoms with Crippen LogP contribution in [0.2, 0.25) is 0 Å². The van der Waals surface area contributed by atoms with E-state index in [1.54, 1.807) is 29.5 Å². The molecule has 0 bridgehead atoms. The first-order chi connectivity index (χ1) is 16.2. The highest BCUT2D eigenvalue weighted by atomic mass is 32.1. The van der Waals surface area contributed by atoms with Crippen LogP contribution in [0.15, 0.2) is 58.0 Å². The van der Waals surface area contributed by atoms with Crippen LogP contribution >= 0.6 is 11.3 Å². The van der Waals surface area contributed by atoms with Gasteiger partial charge in [0, 0.05) is 29.1 Å². The van der Waals surface area contributed by atoms with Crippen molar-refractivity contribution in [3.63, 3.8) is 0 Å². The molecule has 1 aromatic carbocycles. The predicted molar refractivity (Wildman–Crippen MR) is 137 cm³/mol. The van der Waals surface area contributed by atoms with Gasteiger partial charge in [0.1, 0.15) is 0 Å². The summed E-state index contributed by atoms with van der Waals surface area (Å²) in [5.74, 6) is -0.264. The Balaban J connectivity index is 1.76. The minimum atomic E-state index is -0.549. The molecular formula is C26H33N5O2S. The van der Waals surface area contributed by atoms with Gasteiger partial charge in [-0.25, -0.2) is 5.53 Å². The summed E-state index contributed by atoms with van der Waals surface area (Å²) in [5, 5.41) is 4.94. The summed E-state index contributed by atoms with van der Waals surface area (Å²) < 4.78 is 0. The maximum absolute atomic E-state index is 13.3. The molecule has 0 unspecified atom stereocenters. The Kier molecular flexibility index (Phi) is 8.50. The number of rotatable bonds is 6. The minimum absolute atomic E-state index is 0.00203. The Hall–Kier alpha value is -3.13. The summed E-state index contributed by atoms with van der Waals surface area (Å²) in [5.41, 5.74) is 13.7. The van der Waals surface area contributed by atoms with Gasteiger partial charge in [-0.1, -0.05) is 39.0 Å². The molecule has 1 heterocycles. The van der Waals surface area contributed by atoms with E-state index >= 15 is 0 Å². The van der Waals surface area contributed by atoms with E-state index in [0.717, 1.165) is 36.1 Å². The highest BCUT2D eigenvalue weighted by Gasteiger charge is 2.33. The number of carbonyl (C=O) groups excluding carboxylic acids is 2. The van der Waals surface area contributed by atoms with Crippen molar-refractivity contribution in [1.82, 2.24) is 4.90 Å². The molecule has 34 heavy (non-hydrogen) atoms. The van der Waals surface area contributed by atoms with Crippen molar-refractivity contribution in [2.24, 2.45) is 27.2 Å². The highest BCUT2D eigenvalue weighted by Crippen LogP contribution is 2.39. The number of carbonyl (C=O) groups is 2.